The zero-order valence-corrected chi connectivity index (χ0v) is 15.6. The predicted molar refractivity (Wildman–Crippen MR) is 97.7 cm³/mol. The smallest absolute Gasteiger partial charge is 0.418 e. The zero-order chi connectivity index (χ0) is 21.6. The van der Waals surface area contributed by atoms with Crippen LogP contribution in [-0.4, -0.2) is 31.4 Å². The Morgan fingerprint density at radius 2 is 1.76 bits per heavy atom. The molecule has 1 amide bonds. The van der Waals surface area contributed by atoms with Gasteiger partial charge in [0.15, 0.2) is 12.4 Å². The molecule has 0 fully saturated rings. The van der Waals surface area contributed by atoms with Crippen LogP contribution in [0.25, 0.3) is 0 Å². The van der Waals surface area contributed by atoms with Crippen LogP contribution in [-0.2, 0) is 26.9 Å². The number of hydrogen-bond donors (Lipinski definition) is 1. The molecule has 0 radical (unpaired) electrons. The summed E-state index contributed by atoms with van der Waals surface area (Å²) in [6.07, 6.45) is -4.92. The van der Waals surface area contributed by atoms with Crippen molar-refractivity contribution in [2.75, 3.05) is 19.0 Å². The molecular formula is C20H18F3NO5. The van der Waals surface area contributed by atoms with Crippen LogP contribution in [0, 0.1) is 0 Å². The van der Waals surface area contributed by atoms with Crippen molar-refractivity contribution in [3.05, 3.63) is 59.2 Å². The fraction of sp³-hybridized carbons (Fsp3) is 0.250. The molecule has 0 bridgehead atoms. The minimum absolute atomic E-state index is 0.204. The Hall–Kier alpha value is -3.36. The van der Waals surface area contributed by atoms with Crippen molar-refractivity contribution < 1.29 is 37.0 Å². The number of methoxy groups -OCH3 is 1. The standard InChI is InChI=1S/C20H18F3NO5/c1-12(25)13-7-8-17(28-2)14(9-13)10-19(27)29-11-18(26)24-16-6-4-3-5-15(16)20(21,22)23/h3-9H,10-11H2,1-2H3,(H,24,26). The molecule has 2 aromatic carbocycles. The third-order valence-electron chi connectivity index (χ3n) is 3.89. The molecule has 0 saturated carbocycles. The van der Waals surface area contributed by atoms with Crippen molar-refractivity contribution in [1.29, 1.82) is 0 Å². The molecule has 0 spiro atoms. The first-order chi connectivity index (χ1) is 13.6. The van der Waals surface area contributed by atoms with Gasteiger partial charge in [0.1, 0.15) is 5.75 Å². The van der Waals surface area contributed by atoms with Gasteiger partial charge in [0.05, 0.1) is 24.8 Å². The molecule has 2 aromatic rings. The number of alkyl halides is 3. The molecule has 6 nitrogen and oxygen atoms in total. The van der Waals surface area contributed by atoms with Gasteiger partial charge in [-0.05, 0) is 37.3 Å². The molecule has 0 aliphatic heterocycles. The number of carbonyl (C=O) groups excluding carboxylic acids is 3. The highest BCUT2D eigenvalue weighted by atomic mass is 19.4. The van der Waals surface area contributed by atoms with Gasteiger partial charge in [-0.25, -0.2) is 0 Å². The van der Waals surface area contributed by atoms with E-state index in [9.17, 15) is 27.6 Å². The first-order valence-electron chi connectivity index (χ1n) is 8.41. The zero-order valence-electron chi connectivity index (χ0n) is 15.6. The summed E-state index contributed by atoms with van der Waals surface area (Å²) in [5.74, 6) is -1.57. The van der Waals surface area contributed by atoms with Crippen molar-refractivity contribution in [3.8, 4) is 5.75 Å². The molecule has 154 valence electrons. The SMILES string of the molecule is COc1ccc(C(C)=O)cc1CC(=O)OCC(=O)Nc1ccccc1C(F)(F)F. The van der Waals surface area contributed by atoms with E-state index < -0.39 is 35.9 Å². The minimum Gasteiger partial charge on any atom is -0.496 e. The van der Waals surface area contributed by atoms with E-state index in [0.29, 0.717) is 16.9 Å². The highest BCUT2D eigenvalue weighted by Crippen LogP contribution is 2.34. The number of benzene rings is 2. The molecule has 0 aliphatic rings. The van der Waals surface area contributed by atoms with E-state index in [4.69, 9.17) is 9.47 Å². The van der Waals surface area contributed by atoms with E-state index in [2.05, 4.69) is 5.32 Å². The summed E-state index contributed by atoms with van der Waals surface area (Å²) in [5.41, 5.74) is -0.689. The van der Waals surface area contributed by atoms with Gasteiger partial charge in [0.25, 0.3) is 5.91 Å². The number of ketones is 1. The van der Waals surface area contributed by atoms with Crippen LogP contribution in [0.2, 0.25) is 0 Å². The van der Waals surface area contributed by atoms with Gasteiger partial charge in [-0.15, -0.1) is 0 Å². The van der Waals surface area contributed by atoms with Gasteiger partial charge in [-0.1, -0.05) is 12.1 Å². The van der Waals surface area contributed by atoms with Crippen LogP contribution < -0.4 is 10.1 Å². The first-order valence-corrected chi connectivity index (χ1v) is 8.41. The van der Waals surface area contributed by atoms with Gasteiger partial charge in [-0.2, -0.15) is 13.2 Å². The topological polar surface area (TPSA) is 81.7 Å². The summed E-state index contributed by atoms with van der Waals surface area (Å²) in [6, 6.07) is 9.01. The number of Topliss-reactive ketones (excluding diaryl/α,β-unsaturated/α-hetero) is 1. The average Bonchev–Trinajstić information content (AvgIpc) is 2.66. The maximum atomic E-state index is 12.9. The lowest BCUT2D eigenvalue weighted by atomic mass is 10.0. The first kappa shape index (κ1) is 21.9. The summed E-state index contributed by atoms with van der Waals surface area (Å²) < 4.78 is 48.8. The second-order valence-electron chi connectivity index (χ2n) is 6.01. The third kappa shape index (κ3) is 6.06. The number of anilines is 1. The maximum Gasteiger partial charge on any atom is 0.418 e. The van der Waals surface area contributed by atoms with Crippen molar-refractivity contribution in [2.24, 2.45) is 0 Å². The van der Waals surface area contributed by atoms with Crippen LogP contribution in [0.3, 0.4) is 0 Å². The predicted octanol–water partition coefficient (Wildman–Crippen LogP) is 3.64. The Labute approximate surface area is 164 Å². The summed E-state index contributed by atoms with van der Waals surface area (Å²) in [5, 5.41) is 2.08. The van der Waals surface area contributed by atoms with Gasteiger partial charge >= 0.3 is 12.1 Å². The molecule has 0 aliphatic carbocycles. The number of rotatable bonds is 7. The Morgan fingerprint density at radius 1 is 1.07 bits per heavy atom. The van der Waals surface area contributed by atoms with E-state index in [1.165, 1.54) is 38.3 Å². The van der Waals surface area contributed by atoms with E-state index in [1.807, 2.05) is 0 Å². The largest absolute Gasteiger partial charge is 0.496 e. The summed E-state index contributed by atoms with van der Waals surface area (Å²) in [6.45, 7) is 0.604. The second kappa shape index (κ2) is 9.22. The van der Waals surface area contributed by atoms with Gasteiger partial charge in [0.2, 0.25) is 0 Å². The van der Waals surface area contributed by atoms with Crippen LogP contribution in [0.15, 0.2) is 42.5 Å². The number of ether oxygens (including phenoxy) is 2. The summed E-state index contributed by atoms with van der Waals surface area (Å²) in [7, 11) is 1.39. The molecule has 0 heterocycles. The quantitative estimate of drug-likeness (QED) is 0.558. The molecule has 0 unspecified atom stereocenters. The van der Waals surface area contributed by atoms with Crippen molar-refractivity contribution in [1.82, 2.24) is 0 Å². The van der Waals surface area contributed by atoms with E-state index in [0.717, 1.165) is 12.1 Å². The summed E-state index contributed by atoms with van der Waals surface area (Å²) in [4.78, 5) is 35.4. The number of nitrogens with one attached hydrogen (secondary N) is 1. The molecule has 0 aromatic heterocycles. The van der Waals surface area contributed by atoms with Crippen LogP contribution in [0.1, 0.15) is 28.4 Å². The number of para-hydroxylation sites is 1. The van der Waals surface area contributed by atoms with Crippen molar-refractivity contribution >= 4 is 23.3 Å². The van der Waals surface area contributed by atoms with Crippen LogP contribution >= 0.6 is 0 Å². The van der Waals surface area contributed by atoms with Gasteiger partial charge in [0, 0.05) is 11.1 Å². The molecule has 1 N–H and O–H groups in total. The van der Waals surface area contributed by atoms with Crippen molar-refractivity contribution in [2.45, 2.75) is 19.5 Å². The lowest BCUT2D eigenvalue weighted by molar-refractivity contribution is -0.146. The molecule has 29 heavy (non-hydrogen) atoms. The average molecular weight is 409 g/mol. The normalized spacial score (nSPS) is 10.9. The minimum atomic E-state index is -4.64. The highest BCUT2D eigenvalue weighted by molar-refractivity contribution is 5.95. The number of hydrogen-bond acceptors (Lipinski definition) is 5. The monoisotopic (exact) mass is 409 g/mol. The highest BCUT2D eigenvalue weighted by Gasteiger charge is 2.33. The lowest BCUT2D eigenvalue weighted by Gasteiger charge is -2.13. The number of halogens is 3. The lowest BCUT2D eigenvalue weighted by Crippen LogP contribution is -2.23. The molecule has 2 rings (SSSR count). The Bertz CT molecular complexity index is 925. The fourth-order valence-electron chi connectivity index (χ4n) is 2.51. The summed E-state index contributed by atoms with van der Waals surface area (Å²) >= 11 is 0. The fourth-order valence-corrected chi connectivity index (χ4v) is 2.51. The Kier molecular flexibility index (Phi) is 6.98. The number of esters is 1. The van der Waals surface area contributed by atoms with Crippen molar-refractivity contribution in [3.63, 3.8) is 0 Å². The van der Waals surface area contributed by atoms with Gasteiger partial charge in [-0.3, -0.25) is 14.4 Å². The van der Waals surface area contributed by atoms with E-state index in [1.54, 1.807) is 6.07 Å². The number of amides is 1. The molecule has 0 saturated heterocycles. The molecule has 9 heteroatoms. The number of carbonyl (C=O) groups is 3. The van der Waals surface area contributed by atoms with E-state index in [-0.39, 0.29) is 12.2 Å². The second-order valence-corrected chi connectivity index (χ2v) is 6.01. The Balaban J connectivity index is 1.99. The van der Waals surface area contributed by atoms with Crippen LogP contribution in [0.5, 0.6) is 5.75 Å². The van der Waals surface area contributed by atoms with E-state index >= 15 is 0 Å². The van der Waals surface area contributed by atoms with Crippen LogP contribution in [0.4, 0.5) is 18.9 Å². The third-order valence-corrected chi connectivity index (χ3v) is 3.89. The molecular weight excluding hydrogens is 391 g/mol. The maximum absolute atomic E-state index is 12.9. The van der Waals surface area contributed by atoms with Gasteiger partial charge < -0.3 is 14.8 Å². The Morgan fingerprint density at radius 3 is 2.38 bits per heavy atom. The molecule has 0 atom stereocenters.